The first-order chi connectivity index (χ1) is 11.4. The Morgan fingerprint density at radius 1 is 1.00 bits per heavy atom. The SMILES string of the molecule is OCC1=C[C@@H](O)C(CO)(COCC2OC(CO)C(O)C(O)C2O)O1. The Balaban J connectivity index is 1.91. The highest BCUT2D eigenvalue weighted by Gasteiger charge is 2.46. The van der Waals surface area contributed by atoms with Crippen molar-refractivity contribution in [3.8, 4) is 0 Å². The van der Waals surface area contributed by atoms with E-state index in [1.54, 1.807) is 0 Å². The van der Waals surface area contributed by atoms with Crippen LogP contribution in [-0.2, 0) is 14.2 Å². The number of hydrogen-bond donors (Lipinski definition) is 7. The molecule has 6 unspecified atom stereocenters. The molecule has 7 atom stereocenters. The van der Waals surface area contributed by atoms with Crippen LogP contribution in [0.25, 0.3) is 0 Å². The Morgan fingerprint density at radius 2 is 1.67 bits per heavy atom. The van der Waals surface area contributed by atoms with Crippen molar-refractivity contribution < 1.29 is 50.0 Å². The van der Waals surface area contributed by atoms with Crippen LogP contribution in [-0.4, -0.2) is 111 Å². The first-order valence-electron chi connectivity index (χ1n) is 7.56. The fourth-order valence-electron chi connectivity index (χ4n) is 2.72. The van der Waals surface area contributed by atoms with Crippen LogP contribution in [0.4, 0.5) is 0 Å². The molecule has 2 aliphatic heterocycles. The Labute approximate surface area is 138 Å². The molecule has 140 valence electrons. The second-order valence-corrected chi connectivity index (χ2v) is 5.94. The fraction of sp³-hybridized carbons (Fsp3) is 0.857. The standard InChI is InChI=1S/C14H24O10/c15-2-7-1-10(18)14(5-17,24-7)6-22-4-9-12(20)13(21)11(19)8(3-16)23-9/h1,8-13,15-21H,2-6H2/t8?,9?,10-,11?,12?,13?,14?/m1/s1. The van der Waals surface area contributed by atoms with Crippen LogP contribution >= 0.6 is 0 Å². The van der Waals surface area contributed by atoms with E-state index in [4.69, 9.17) is 24.4 Å². The Hall–Kier alpha value is -0.820. The summed E-state index contributed by atoms with van der Waals surface area (Å²) in [5.74, 6) is 0.105. The van der Waals surface area contributed by atoms with Crippen molar-refractivity contribution in [2.75, 3.05) is 33.0 Å². The number of rotatable bonds is 7. The van der Waals surface area contributed by atoms with Gasteiger partial charge in [0, 0.05) is 0 Å². The number of aliphatic hydroxyl groups is 7. The van der Waals surface area contributed by atoms with Crippen LogP contribution < -0.4 is 0 Å². The summed E-state index contributed by atoms with van der Waals surface area (Å²) in [6, 6.07) is 0. The Morgan fingerprint density at radius 3 is 2.21 bits per heavy atom. The van der Waals surface area contributed by atoms with Crippen molar-refractivity contribution in [1.29, 1.82) is 0 Å². The zero-order valence-corrected chi connectivity index (χ0v) is 12.9. The summed E-state index contributed by atoms with van der Waals surface area (Å²) in [6.45, 7) is -2.09. The molecule has 7 N–H and O–H groups in total. The summed E-state index contributed by atoms with van der Waals surface area (Å²) in [6.07, 6.45) is -6.41. The van der Waals surface area contributed by atoms with Crippen molar-refractivity contribution in [3.05, 3.63) is 11.8 Å². The molecule has 24 heavy (non-hydrogen) atoms. The minimum Gasteiger partial charge on any atom is -0.481 e. The smallest absolute Gasteiger partial charge is 0.184 e. The quantitative estimate of drug-likeness (QED) is 0.239. The van der Waals surface area contributed by atoms with Crippen LogP contribution in [0.3, 0.4) is 0 Å². The zero-order valence-electron chi connectivity index (χ0n) is 12.9. The molecule has 10 heteroatoms. The maximum Gasteiger partial charge on any atom is 0.184 e. The van der Waals surface area contributed by atoms with Gasteiger partial charge in [0.15, 0.2) is 5.60 Å². The van der Waals surface area contributed by atoms with Crippen molar-refractivity contribution in [2.45, 2.75) is 42.2 Å². The molecular formula is C14H24O10. The third kappa shape index (κ3) is 3.72. The van der Waals surface area contributed by atoms with Crippen molar-refractivity contribution in [2.24, 2.45) is 0 Å². The number of ether oxygens (including phenoxy) is 3. The first-order valence-corrected chi connectivity index (χ1v) is 7.56. The van der Waals surface area contributed by atoms with E-state index in [2.05, 4.69) is 0 Å². The molecule has 1 fully saturated rings. The summed E-state index contributed by atoms with van der Waals surface area (Å²) in [7, 11) is 0. The fourth-order valence-corrected chi connectivity index (χ4v) is 2.72. The molecule has 2 aliphatic rings. The van der Waals surface area contributed by atoms with E-state index in [1.165, 1.54) is 6.08 Å². The summed E-state index contributed by atoms with van der Waals surface area (Å²) in [4.78, 5) is 0. The van der Waals surface area contributed by atoms with Crippen molar-refractivity contribution in [3.63, 3.8) is 0 Å². The summed E-state index contributed by atoms with van der Waals surface area (Å²) in [5, 5.41) is 66.9. The summed E-state index contributed by atoms with van der Waals surface area (Å²) >= 11 is 0. The average molecular weight is 352 g/mol. The predicted octanol–water partition coefficient (Wildman–Crippen LogP) is -4.16. The van der Waals surface area contributed by atoms with Crippen molar-refractivity contribution >= 4 is 0 Å². The lowest BCUT2D eigenvalue weighted by molar-refractivity contribution is -0.243. The average Bonchev–Trinajstić information content (AvgIpc) is 2.91. The summed E-state index contributed by atoms with van der Waals surface area (Å²) < 4.78 is 15.9. The minimum absolute atomic E-state index is 0.105. The van der Waals surface area contributed by atoms with Gasteiger partial charge in [-0.2, -0.15) is 0 Å². The van der Waals surface area contributed by atoms with Crippen LogP contribution in [0.1, 0.15) is 0 Å². The molecule has 0 amide bonds. The molecular weight excluding hydrogens is 328 g/mol. The highest BCUT2D eigenvalue weighted by Crippen LogP contribution is 2.29. The molecule has 0 radical (unpaired) electrons. The van der Waals surface area contributed by atoms with Crippen LogP contribution in [0, 0.1) is 0 Å². The zero-order chi connectivity index (χ0) is 17.9. The predicted molar refractivity (Wildman–Crippen MR) is 76.7 cm³/mol. The lowest BCUT2D eigenvalue weighted by Crippen LogP contribution is -2.60. The van der Waals surface area contributed by atoms with E-state index < -0.39 is 62.0 Å². The molecule has 0 aromatic rings. The molecule has 0 saturated carbocycles. The van der Waals surface area contributed by atoms with Gasteiger partial charge in [0.2, 0.25) is 0 Å². The van der Waals surface area contributed by atoms with Gasteiger partial charge in [-0.05, 0) is 6.08 Å². The topological polar surface area (TPSA) is 169 Å². The third-order valence-electron chi connectivity index (χ3n) is 4.26. The molecule has 0 aromatic carbocycles. The third-order valence-corrected chi connectivity index (χ3v) is 4.26. The molecule has 0 aliphatic carbocycles. The number of hydrogen-bond acceptors (Lipinski definition) is 10. The lowest BCUT2D eigenvalue weighted by Gasteiger charge is -2.40. The monoisotopic (exact) mass is 352 g/mol. The summed E-state index contributed by atoms with van der Waals surface area (Å²) in [5.41, 5.74) is -1.48. The van der Waals surface area contributed by atoms with E-state index in [1.807, 2.05) is 0 Å². The van der Waals surface area contributed by atoms with Gasteiger partial charge in [-0.3, -0.25) is 0 Å². The largest absolute Gasteiger partial charge is 0.481 e. The van der Waals surface area contributed by atoms with Crippen LogP contribution in [0.5, 0.6) is 0 Å². The van der Waals surface area contributed by atoms with Gasteiger partial charge in [-0.15, -0.1) is 0 Å². The van der Waals surface area contributed by atoms with Gasteiger partial charge >= 0.3 is 0 Å². The molecule has 10 nitrogen and oxygen atoms in total. The highest BCUT2D eigenvalue weighted by molar-refractivity contribution is 5.14. The van der Waals surface area contributed by atoms with E-state index in [9.17, 15) is 25.5 Å². The minimum atomic E-state index is -1.51. The van der Waals surface area contributed by atoms with Gasteiger partial charge in [0.05, 0.1) is 26.4 Å². The van der Waals surface area contributed by atoms with Gasteiger partial charge in [0.1, 0.15) is 49.0 Å². The molecule has 0 bridgehead atoms. The molecule has 2 heterocycles. The van der Waals surface area contributed by atoms with E-state index in [0.29, 0.717) is 0 Å². The number of aliphatic hydroxyl groups excluding tert-OH is 7. The van der Waals surface area contributed by atoms with Crippen molar-refractivity contribution in [1.82, 2.24) is 0 Å². The molecule has 2 rings (SSSR count). The Bertz CT molecular complexity index is 441. The van der Waals surface area contributed by atoms with Crippen LogP contribution in [0.2, 0.25) is 0 Å². The van der Waals surface area contributed by atoms with Gasteiger partial charge in [0.25, 0.3) is 0 Å². The normalized spacial score (nSPS) is 42.7. The molecule has 0 spiro atoms. The van der Waals surface area contributed by atoms with E-state index in [0.717, 1.165) is 0 Å². The maximum absolute atomic E-state index is 9.95. The van der Waals surface area contributed by atoms with Gasteiger partial charge < -0.3 is 50.0 Å². The second-order valence-electron chi connectivity index (χ2n) is 5.94. The van der Waals surface area contributed by atoms with Gasteiger partial charge in [-0.1, -0.05) is 0 Å². The maximum atomic E-state index is 9.95. The molecule has 1 saturated heterocycles. The Kier molecular flexibility index (Phi) is 6.53. The second kappa shape index (κ2) is 8.04. The highest BCUT2D eigenvalue weighted by atomic mass is 16.6. The lowest BCUT2D eigenvalue weighted by atomic mass is 9.95. The van der Waals surface area contributed by atoms with E-state index in [-0.39, 0.29) is 19.0 Å². The first kappa shape index (κ1) is 19.5. The van der Waals surface area contributed by atoms with Gasteiger partial charge in [-0.25, -0.2) is 0 Å². The molecule has 0 aromatic heterocycles. The van der Waals surface area contributed by atoms with Crippen LogP contribution in [0.15, 0.2) is 11.8 Å². The van der Waals surface area contributed by atoms with E-state index >= 15 is 0 Å².